The minimum absolute atomic E-state index is 0.0215. The Hall–Kier alpha value is -1.46. The lowest BCUT2D eigenvalue weighted by Crippen LogP contribution is -2.55. The lowest BCUT2D eigenvalue weighted by Gasteiger charge is -2.39. The average molecular weight is 347 g/mol. The van der Waals surface area contributed by atoms with Crippen LogP contribution in [0.2, 0.25) is 0 Å². The summed E-state index contributed by atoms with van der Waals surface area (Å²) in [5, 5.41) is 0. The fraction of sp³-hybridized carbons (Fsp3) is 0.650. The normalized spacial score (nSPS) is 21.3. The highest BCUT2D eigenvalue weighted by atomic mass is 19.1. The van der Waals surface area contributed by atoms with Gasteiger partial charge in [0, 0.05) is 45.8 Å². The molecule has 0 aromatic heterocycles. The van der Waals surface area contributed by atoms with Gasteiger partial charge in [-0.15, -0.1) is 0 Å². The third kappa shape index (κ3) is 4.79. The van der Waals surface area contributed by atoms with Gasteiger partial charge in [0.1, 0.15) is 5.82 Å². The summed E-state index contributed by atoms with van der Waals surface area (Å²) in [5.41, 5.74) is 0.790. The number of piperidine rings is 1. The molecule has 25 heavy (non-hydrogen) atoms. The van der Waals surface area contributed by atoms with Crippen molar-refractivity contribution in [2.75, 3.05) is 45.8 Å². The molecule has 1 atom stereocenters. The Morgan fingerprint density at radius 3 is 2.40 bits per heavy atom. The van der Waals surface area contributed by atoms with Gasteiger partial charge < -0.3 is 9.80 Å². The molecule has 4 nitrogen and oxygen atoms in total. The van der Waals surface area contributed by atoms with Crippen molar-refractivity contribution in [3.05, 3.63) is 35.6 Å². The van der Waals surface area contributed by atoms with Gasteiger partial charge in [-0.1, -0.05) is 18.2 Å². The number of benzene rings is 1. The van der Waals surface area contributed by atoms with E-state index in [0.717, 1.165) is 70.6 Å². The van der Waals surface area contributed by atoms with Gasteiger partial charge in [0.15, 0.2) is 0 Å². The number of carbonyl (C=O) groups is 1. The molecule has 0 unspecified atom stereocenters. The second-order valence-electron chi connectivity index (χ2n) is 7.28. The Bertz CT molecular complexity index is 566. The molecule has 2 heterocycles. The maximum atomic E-state index is 13.7. The summed E-state index contributed by atoms with van der Waals surface area (Å²) in [6.45, 7) is 8.50. The summed E-state index contributed by atoms with van der Waals surface area (Å²) >= 11 is 0. The first-order valence-electron chi connectivity index (χ1n) is 9.64. The van der Waals surface area contributed by atoms with E-state index in [2.05, 4.69) is 9.80 Å². The minimum Gasteiger partial charge on any atom is -0.341 e. The van der Waals surface area contributed by atoms with Crippen LogP contribution in [0.5, 0.6) is 0 Å². The molecule has 2 aliphatic heterocycles. The zero-order valence-electron chi connectivity index (χ0n) is 15.3. The molecule has 0 aliphatic carbocycles. The molecule has 1 aromatic rings. The highest BCUT2D eigenvalue weighted by Crippen LogP contribution is 2.15. The molecule has 2 fully saturated rings. The number of likely N-dealkylation sites (tertiary alicyclic amines) is 1. The van der Waals surface area contributed by atoms with E-state index in [9.17, 15) is 9.18 Å². The molecule has 5 heteroatoms. The van der Waals surface area contributed by atoms with Crippen molar-refractivity contribution in [2.24, 2.45) is 0 Å². The fourth-order valence-electron chi connectivity index (χ4n) is 3.89. The van der Waals surface area contributed by atoms with Gasteiger partial charge in [0.05, 0.1) is 6.04 Å². The lowest BCUT2D eigenvalue weighted by molar-refractivity contribution is -0.138. The van der Waals surface area contributed by atoms with E-state index in [0.29, 0.717) is 5.91 Å². The van der Waals surface area contributed by atoms with Crippen LogP contribution in [-0.4, -0.2) is 72.5 Å². The Morgan fingerprint density at radius 2 is 1.72 bits per heavy atom. The number of amides is 1. The van der Waals surface area contributed by atoms with Crippen molar-refractivity contribution in [3.63, 3.8) is 0 Å². The zero-order chi connectivity index (χ0) is 17.6. The van der Waals surface area contributed by atoms with Gasteiger partial charge in [-0.3, -0.25) is 9.69 Å². The van der Waals surface area contributed by atoms with Gasteiger partial charge in [0.2, 0.25) is 5.91 Å². The summed E-state index contributed by atoms with van der Waals surface area (Å²) in [6.07, 6.45) is 4.28. The van der Waals surface area contributed by atoms with Crippen LogP contribution in [0, 0.1) is 5.82 Å². The smallest absolute Gasteiger partial charge is 0.239 e. The molecule has 1 amide bonds. The van der Waals surface area contributed by atoms with Gasteiger partial charge in [-0.05, 0) is 44.2 Å². The Kier molecular flexibility index (Phi) is 6.43. The summed E-state index contributed by atoms with van der Waals surface area (Å²) in [4.78, 5) is 19.4. The summed E-state index contributed by atoms with van der Waals surface area (Å²) in [5.74, 6) is 0.182. The molecule has 2 saturated heterocycles. The van der Waals surface area contributed by atoms with Crippen LogP contribution in [0.1, 0.15) is 31.7 Å². The van der Waals surface area contributed by atoms with Crippen molar-refractivity contribution < 1.29 is 9.18 Å². The second-order valence-corrected chi connectivity index (χ2v) is 7.28. The molecule has 0 N–H and O–H groups in total. The van der Waals surface area contributed by atoms with E-state index >= 15 is 0 Å². The maximum Gasteiger partial charge on any atom is 0.239 e. The van der Waals surface area contributed by atoms with E-state index in [1.807, 2.05) is 24.0 Å². The molecular formula is C20H30FN3O. The molecule has 0 bridgehead atoms. The van der Waals surface area contributed by atoms with E-state index in [1.165, 1.54) is 12.5 Å². The van der Waals surface area contributed by atoms with Crippen molar-refractivity contribution in [2.45, 2.75) is 38.6 Å². The van der Waals surface area contributed by atoms with Crippen LogP contribution < -0.4 is 0 Å². The highest BCUT2D eigenvalue weighted by molar-refractivity contribution is 5.81. The first kappa shape index (κ1) is 18.3. The predicted octanol–water partition coefficient (Wildman–Crippen LogP) is 2.39. The van der Waals surface area contributed by atoms with Gasteiger partial charge in [-0.25, -0.2) is 4.39 Å². The first-order chi connectivity index (χ1) is 12.1. The van der Waals surface area contributed by atoms with E-state index in [1.54, 1.807) is 6.07 Å². The third-order valence-corrected chi connectivity index (χ3v) is 5.63. The molecule has 3 rings (SSSR count). The first-order valence-corrected chi connectivity index (χ1v) is 9.64. The number of halogens is 1. The monoisotopic (exact) mass is 347 g/mol. The number of piperazine rings is 1. The van der Waals surface area contributed by atoms with Crippen LogP contribution in [-0.2, 0) is 11.2 Å². The summed E-state index contributed by atoms with van der Waals surface area (Å²) in [7, 11) is 0. The standard InChI is InChI=1S/C20H30FN3O/c1-17(20(25)24-10-5-2-6-11-24)23-15-13-22(14-16-23)12-9-18-7-3-4-8-19(18)21/h3-4,7-8,17H,2,5-6,9-16H2,1H3/t17-/m0/s1. The minimum atomic E-state index is -0.109. The Labute approximate surface area is 150 Å². The molecule has 2 aliphatic rings. The van der Waals surface area contributed by atoms with Crippen molar-refractivity contribution >= 4 is 5.91 Å². The van der Waals surface area contributed by atoms with Crippen LogP contribution in [0.15, 0.2) is 24.3 Å². The summed E-state index contributed by atoms with van der Waals surface area (Å²) < 4.78 is 13.7. The van der Waals surface area contributed by atoms with E-state index in [-0.39, 0.29) is 11.9 Å². The number of rotatable bonds is 5. The Morgan fingerprint density at radius 1 is 1.04 bits per heavy atom. The van der Waals surface area contributed by atoms with Crippen LogP contribution >= 0.6 is 0 Å². The fourth-order valence-corrected chi connectivity index (χ4v) is 3.89. The van der Waals surface area contributed by atoms with Crippen molar-refractivity contribution in [1.82, 2.24) is 14.7 Å². The number of carbonyl (C=O) groups excluding carboxylic acids is 1. The Balaban J connectivity index is 1.43. The lowest BCUT2D eigenvalue weighted by atomic mass is 10.1. The van der Waals surface area contributed by atoms with E-state index in [4.69, 9.17) is 0 Å². The van der Waals surface area contributed by atoms with Crippen LogP contribution in [0.25, 0.3) is 0 Å². The maximum absolute atomic E-state index is 13.7. The zero-order valence-corrected chi connectivity index (χ0v) is 15.3. The average Bonchev–Trinajstić information content (AvgIpc) is 2.67. The van der Waals surface area contributed by atoms with Gasteiger partial charge >= 0.3 is 0 Å². The van der Waals surface area contributed by atoms with Crippen molar-refractivity contribution in [1.29, 1.82) is 0 Å². The molecular weight excluding hydrogens is 317 g/mol. The van der Waals surface area contributed by atoms with Crippen molar-refractivity contribution in [3.8, 4) is 0 Å². The predicted molar refractivity (Wildman–Crippen MR) is 98.0 cm³/mol. The largest absolute Gasteiger partial charge is 0.341 e. The third-order valence-electron chi connectivity index (χ3n) is 5.63. The van der Waals surface area contributed by atoms with E-state index < -0.39 is 0 Å². The molecule has 0 spiro atoms. The molecule has 0 radical (unpaired) electrons. The van der Waals surface area contributed by atoms with Gasteiger partial charge in [0.25, 0.3) is 0 Å². The number of hydrogen-bond donors (Lipinski definition) is 0. The van der Waals surface area contributed by atoms with Crippen LogP contribution in [0.3, 0.4) is 0 Å². The molecule has 1 aromatic carbocycles. The second kappa shape index (κ2) is 8.77. The quantitative estimate of drug-likeness (QED) is 0.818. The molecule has 138 valence electrons. The number of hydrogen-bond acceptors (Lipinski definition) is 3. The molecule has 0 saturated carbocycles. The highest BCUT2D eigenvalue weighted by Gasteiger charge is 2.29. The number of nitrogens with zero attached hydrogens (tertiary/aromatic N) is 3. The van der Waals surface area contributed by atoms with Crippen LogP contribution in [0.4, 0.5) is 4.39 Å². The van der Waals surface area contributed by atoms with Gasteiger partial charge in [-0.2, -0.15) is 0 Å². The topological polar surface area (TPSA) is 26.8 Å². The summed E-state index contributed by atoms with van der Waals surface area (Å²) in [6, 6.07) is 7.00. The SMILES string of the molecule is C[C@@H](C(=O)N1CCCCC1)N1CCN(CCc2ccccc2F)CC1.